The number of hydroxylamine groups is 2. The normalized spacial score (nSPS) is 16.0. The quantitative estimate of drug-likeness (QED) is 0.805. The second kappa shape index (κ2) is 6.02. The van der Waals surface area contributed by atoms with Crippen LogP contribution >= 0.6 is 0 Å². The van der Waals surface area contributed by atoms with Crippen molar-refractivity contribution in [1.82, 2.24) is 5.06 Å². The zero-order valence-corrected chi connectivity index (χ0v) is 13.4. The number of amides is 2. The fourth-order valence-electron chi connectivity index (χ4n) is 3.14. The number of allylic oxidation sites excluding steroid dienone is 2. The average molecular weight is 333 g/mol. The number of imide groups is 1. The lowest BCUT2D eigenvalue weighted by atomic mass is 10.0. The van der Waals surface area contributed by atoms with Crippen molar-refractivity contribution in [2.75, 3.05) is 0 Å². The van der Waals surface area contributed by atoms with Crippen LogP contribution in [0.25, 0.3) is 5.57 Å². The summed E-state index contributed by atoms with van der Waals surface area (Å²) in [6.07, 6.45) is 5.47. The van der Waals surface area contributed by atoms with Crippen molar-refractivity contribution in [3.63, 3.8) is 0 Å². The van der Waals surface area contributed by atoms with E-state index in [-0.39, 0.29) is 11.1 Å². The van der Waals surface area contributed by atoms with Crippen LogP contribution in [-0.4, -0.2) is 22.8 Å². The summed E-state index contributed by atoms with van der Waals surface area (Å²) >= 11 is 0. The molecule has 0 bridgehead atoms. The first-order valence-electron chi connectivity index (χ1n) is 8.15. The first-order chi connectivity index (χ1) is 12.1. The standard InChI is InChI=1S/C20H15NO4/c22-18-16-7-3-4-8-17(16)19(23)21(18)25-20(24)15-11-9-14(10-12-15)13-5-1-2-6-13/h3-5,7-12H,1-2,6H2. The highest BCUT2D eigenvalue weighted by molar-refractivity contribution is 6.21. The summed E-state index contributed by atoms with van der Waals surface area (Å²) in [5, 5.41) is 0.528. The highest BCUT2D eigenvalue weighted by atomic mass is 16.7. The molecule has 5 heteroatoms. The van der Waals surface area contributed by atoms with Gasteiger partial charge in [-0.3, -0.25) is 9.59 Å². The van der Waals surface area contributed by atoms with E-state index in [1.807, 2.05) is 12.1 Å². The number of rotatable bonds is 3. The molecule has 25 heavy (non-hydrogen) atoms. The molecule has 0 unspecified atom stereocenters. The topological polar surface area (TPSA) is 63.7 Å². The SMILES string of the molecule is O=C(ON1C(=O)c2ccccc2C1=O)c1ccc(C2=CCCC2)cc1. The molecule has 2 amide bonds. The summed E-state index contributed by atoms with van der Waals surface area (Å²) in [7, 11) is 0. The zero-order chi connectivity index (χ0) is 17.4. The minimum absolute atomic E-state index is 0.240. The van der Waals surface area contributed by atoms with E-state index in [2.05, 4.69) is 6.08 Å². The Morgan fingerprint density at radius 2 is 1.56 bits per heavy atom. The van der Waals surface area contributed by atoms with Gasteiger partial charge in [0.2, 0.25) is 0 Å². The molecular weight excluding hydrogens is 318 g/mol. The van der Waals surface area contributed by atoms with Gasteiger partial charge in [-0.15, -0.1) is 0 Å². The van der Waals surface area contributed by atoms with Gasteiger partial charge in [-0.25, -0.2) is 4.79 Å². The molecule has 0 N–H and O–H groups in total. The Kier molecular flexibility index (Phi) is 3.69. The summed E-state index contributed by atoms with van der Waals surface area (Å²) in [5.41, 5.74) is 3.13. The van der Waals surface area contributed by atoms with Crippen molar-refractivity contribution in [3.8, 4) is 0 Å². The van der Waals surface area contributed by atoms with Crippen LogP contribution in [0.1, 0.15) is 55.9 Å². The van der Waals surface area contributed by atoms with E-state index in [1.165, 1.54) is 17.7 Å². The third kappa shape index (κ3) is 2.63. The lowest BCUT2D eigenvalue weighted by Crippen LogP contribution is -2.32. The lowest BCUT2D eigenvalue weighted by molar-refractivity contribution is -0.0584. The number of hydrogen-bond acceptors (Lipinski definition) is 4. The van der Waals surface area contributed by atoms with Crippen molar-refractivity contribution >= 4 is 23.4 Å². The fourth-order valence-corrected chi connectivity index (χ4v) is 3.14. The second-order valence-electron chi connectivity index (χ2n) is 6.03. The molecule has 2 aliphatic rings. The van der Waals surface area contributed by atoms with E-state index in [9.17, 15) is 14.4 Å². The van der Waals surface area contributed by atoms with Gasteiger partial charge < -0.3 is 4.84 Å². The van der Waals surface area contributed by atoms with Crippen LogP contribution in [0.4, 0.5) is 0 Å². The largest absolute Gasteiger partial charge is 0.363 e. The van der Waals surface area contributed by atoms with Crippen molar-refractivity contribution in [2.45, 2.75) is 19.3 Å². The van der Waals surface area contributed by atoms with Gasteiger partial charge in [0.05, 0.1) is 16.7 Å². The van der Waals surface area contributed by atoms with E-state index >= 15 is 0 Å². The molecule has 0 radical (unpaired) electrons. The Morgan fingerprint density at radius 1 is 0.920 bits per heavy atom. The van der Waals surface area contributed by atoms with Crippen molar-refractivity contribution in [2.24, 2.45) is 0 Å². The van der Waals surface area contributed by atoms with Crippen LogP contribution in [0.5, 0.6) is 0 Å². The van der Waals surface area contributed by atoms with E-state index in [0.717, 1.165) is 24.8 Å². The number of carbonyl (C=O) groups is 3. The van der Waals surface area contributed by atoms with Crippen LogP contribution in [0, 0.1) is 0 Å². The molecule has 0 aromatic heterocycles. The third-order valence-electron chi connectivity index (χ3n) is 4.46. The first-order valence-corrected chi connectivity index (χ1v) is 8.15. The van der Waals surface area contributed by atoms with Crippen LogP contribution in [-0.2, 0) is 4.84 Å². The molecule has 2 aromatic carbocycles. The van der Waals surface area contributed by atoms with E-state index < -0.39 is 17.8 Å². The van der Waals surface area contributed by atoms with Gasteiger partial charge in [-0.2, -0.15) is 0 Å². The smallest absolute Gasteiger partial charge is 0.324 e. The minimum atomic E-state index is -0.735. The molecule has 4 rings (SSSR count). The van der Waals surface area contributed by atoms with Gasteiger partial charge in [0, 0.05) is 0 Å². The van der Waals surface area contributed by atoms with Gasteiger partial charge >= 0.3 is 5.97 Å². The number of fused-ring (bicyclic) bond motifs is 1. The Hall–Kier alpha value is -3.21. The molecule has 124 valence electrons. The number of benzene rings is 2. The van der Waals surface area contributed by atoms with E-state index in [0.29, 0.717) is 10.6 Å². The van der Waals surface area contributed by atoms with Gasteiger partial charge in [0.1, 0.15) is 0 Å². The third-order valence-corrected chi connectivity index (χ3v) is 4.46. The minimum Gasteiger partial charge on any atom is -0.324 e. The van der Waals surface area contributed by atoms with Crippen LogP contribution in [0.2, 0.25) is 0 Å². The summed E-state index contributed by atoms with van der Waals surface area (Å²) < 4.78 is 0. The Labute approximate surface area is 144 Å². The van der Waals surface area contributed by atoms with Gasteiger partial charge in [0.15, 0.2) is 0 Å². The Morgan fingerprint density at radius 3 is 2.12 bits per heavy atom. The van der Waals surface area contributed by atoms with Crippen LogP contribution in [0.15, 0.2) is 54.6 Å². The van der Waals surface area contributed by atoms with E-state index in [1.54, 1.807) is 24.3 Å². The molecule has 0 saturated heterocycles. The van der Waals surface area contributed by atoms with Gasteiger partial charge in [-0.1, -0.05) is 35.4 Å². The summed E-state index contributed by atoms with van der Waals surface area (Å²) in [5.74, 6) is -1.98. The van der Waals surface area contributed by atoms with Crippen LogP contribution in [0.3, 0.4) is 0 Å². The van der Waals surface area contributed by atoms with Crippen molar-refractivity contribution in [1.29, 1.82) is 0 Å². The predicted molar refractivity (Wildman–Crippen MR) is 90.6 cm³/mol. The molecule has 1 aliphatic heterocycles. The molecule has 0 fully saturated rings. The predicted octanol–water partition coefficient (Wildman–Crippen LogP) is 3.62. The molecule has 0 spiro atoms. The maximum absolute atomic E-state index is 12.3. The number of carbonyl (C=O) groups excluding carboxylic acids is 3. The monoisotopic (exact) mass is 333 g/mol. The number of nitrogens with zero attached hydrogens (tertiary/aromatic N) is 1. The highest BCUT2D eigenvalue weighted by Gasteiger charge is 2.38. The maximum atomic E-state index is 12.3. The summed E-state index contributed by atoms with van der Waals surface area (Å²) in [4.78, 5) is 41.8. The Balaban J connectivity index is 1.51. The summed E-state index contributed by atoms with van der Waals surface area (Å²) in [6, 6.07) is 13.4. The Bertz CT molecular complexity index is 877. The number of hydrogen-bond donors (Lipinski definition) is 0. The highest BCUT2D eigenvalue weighted by Crippen LogP contribution is 2.28. The molecular formula is C20H15NO4. The molecule has 5 nitrogen and oxygen atoms in total. The van der Waals surface area contributed by atoms with Gasteiger partial charge in [0.25, 0.3) is 11.8 Å². The molecule has 1 heterocycles. The van der Waals surface area contributed by atoms with Crippen molar-refractivity contribution in [3.05, 3.63) is 76.9 Å². The second-order valence-corrected chi connectivity index (χ2v) is 6.03. The van der Waals surface area contributed by atoms with Crippen molar-refractivity contribution < 1.29 is 19.2 Å². The maximum Gasteiger partial charge on any atom is 0.363 e. The molecule has 2 aromatic rings. The van der Waals surface area contributed by atoms with Gasteiger partial charge in [-0.05, 0) is 54.7 Å². The van der Waals surface area contributed by atoms with E-state index in [4.69, 9.17) is 4.84 Å². The molecule has 0 saturated carbocycles. The van der Waals surface area contributed by atoms with Crippen LogP contribution < -0.4 is 0 Å². The lowest BCUT2D eigenvalue weighted by Gasteiger charge is -2.13. The molecule has 1 aliphatic carbocycles. The molecule has 0 atom stereocenters. The summed E-state index contributed by atoms with van der Waals surface area (Å²) in [6.45, 7) is 0. The first kappa shape index (κ1) is 15.3. The average Bonchev–Trinajstić information content (AvgIpc) is 3.26. The fraction of sp³-hybridized carbons (Fsp3) is 0.150. The zero-order valence-electron chi connectivity index (χ0n) is 13.4.